The van der Waals surface area contributed by atoms with Gasteiger partial charge in [0.15, 0.2) is 6.29 Å². The molecular formula is C20H22O5. The van der Waals surface area contributed by atoms with Gasteiger partial charge in [0, 0.05) is 6.42 Å². The van der Waals surface area contributed by atoms with Gasteiger partial charge in [-0.2, -0.15) is 0 Å². The predicted octanol–water partition coefficient (Wildman–Crippen LogP) is 3.58. The number of hydrogen-bond donors (Lipinski definition) is 0. The zero-order valence-electron chi connectivity index (χ0n) is 14.1. The highest BCUT2D eigenvalue weighted by Crippen LogP contribution is 2.13. The number of esters is 1. The van der Waals surface area contributed by atoms with Gasteiger partial charge in [0.05, 0.1) is 25.4 Å². The molecule has 2 aromatic carbocycles. The number of benzene rings is 2. The summed E-state index contributed by atoms with van der Waals surface area (Å²) in [4.78, 5) is 12.0. The SMILES string of the molecule is O=C(OCCC1OCCCO1)c1ccc(COc2ccccc2)cc1. The van der Waals surface area contributed by atoms with Gasteiger partial charge in [0.1, 0.15) is 12.4 Å². The van der Waals surface area contributed by atoms with Crippen LogP contribution in [0.1, 0.15) is 28.8 Å². The monoisotopic (exact) mass is 342 g/mol. The lowest BCUT2D eigenvalue weighted by molar-refractivity contribution is -0.184. The zero-order valence-corrected chi connectivity index (χ0v) is 14.1. The first kappa shape index (κ1) is 17.5. The van der Waals surface area contributed by atoms with E-state index in [2.05, 4.69) is 0 Å². The van der Waals surface area contributed by atoms with Gasteiger partial charge in [-0.1, -0.05) is 30.3 Å². The van der Waals surface area contributed by atoms with E-state index in [0.29, 0.717) is 31.8 Å². The van der Waals surface area contributed by atoms with Crippen LogP contribution in [0.3, 0.4) is 0 Å². The lowest BCUT2D eigenvalue weighted by Crippen LogP contribution is -2.26. The van der Waals surface area contributed by atoms with Crippen molar-refractivity contribution in [3.63, 3.8) is 0 Å². The molecule has 2 aromatic rings. The molecule has 0 atom stereocenters. The summed E-state index contributed by atoms with van der Waals surface area (Å²) in [5.41, 5.74) is 1.51. The smallest absolute Gasteiger partial charge is 0.338 e. The lowest BCUT2D eigenvalue weighted by Gasteiger charge is -2.22. The van der Waals surface area contributed by atoms with Gasteiger partial charge in [0.2, 0.25) is 0 Å². The van der Waals surface area contributed by atoms with E-state index in [4.69, 9.17) is 18.9 Å². The summed E-state index contributed by atoms with van der Waals surface area (Å²) in [6.45, 7) is 2.13. The topological polar surface area (TPSA) is 54.0 Å². The van der Waals surface area contributed by atoms with Gasteiger partial charge in [0.25, 0.3) is 0 Å². The van der Waals surface area contributed by atoms with Crippen LogP contribution >= 0.6 is 0 Å². The predicted molar refractivity (Wildman–Crippen MR) is 92.4 cm³/mol. The van der Waals surface area contributed by atoms with Crippen molar-refractivity contribution in [3.05, 3.63) is 65.7 Å². The molecule has 5 nitrogen and oxygen atoms in total. The van der Waals surface area contributed by atoms with E-state index < -0.39 is 0 Å². The Morgan fingerprint density at radius 2 is 1.72 bits per heavy atom. The van der Waals surface area contributed by atoms with E-state index >= 15 is 0 Å². The van der Waals surface area contributed by atoms with Crippen LogP contribution in [0.5, 0.6) is 5.75 Å². The molecule has 1 heterocycles. The Labute approximate surface area is 147 Å². The summed E-state index contributed by atoms with van der Waals surface area (Å²) in [7, 11) is 0. The van der Waals surface area contributed by atoms with Gasteiger partial charge in [-0.25, -0.2) is 4.79 Å². The molecule has 0 amide bonds. The van der Waals surface area contributed by atoms with Gasteiger partial charge in [-0.15, -0.1) is 0 Å². The summed E-state index contributed by atoms with van der Waals surface area (Å²) in [6, 6.07) is 16.9. The summed E-state index contributed by atoms with van der Waals surface area (Å²) in [6.07, 6.45) is 1.20. The van der Waals surface area contributed by atoms with Crippen molar-refractivity contribution in [2.24, 2.45) is 0 Å². The summed E-state index contributed by atoms with van der Waals surface area (Å²) in [5, 5.41) is 0. The van der Waals surface area contributed by atoms with E-state index in [0.717, 1.165) is 17.7 Å². The fourth-order valence-electron chi connectivity index (χ4n) is 2.45. The van der Waals surface area contributed by atoms with Crippen LogP contribution in [0.2, 0.25) is 0 Å². The van der Waals surface area contributed by atoms with E-state index in [1.807, 2.05) is 42.5 Å². The van der Waals surface area contributed by atoms with Gasteiger partial charge >= 0.3 is 5.97 Å². The highest BCUT2D eigenvalue weighted by Gasteiger charge is 2.15. The van der Waals surface area contributed by atoms with Crippen LogP contribution < -0.4 is 4.74 Å². The second-order valence-corrected chi connectivity index (χ2v) is 5.75. The molecule has 132 valence electrons. The molecule has 0 aromatic heterocycles. The van der Waals surface area contributed by atoms with Crippen LogP contribution in [0, 0.1) is 0 Å². The van der Waals surface area contributed by atoms with Crippen LogP contribution in [0.25, 0.3) is 0 Å². The number of para-hydroxylation sites is 1. The minimum atomic E-state index is -0.341. The maximum atomic E-state index is 12.0. The molecule has 1 fully saturated rings. The Morgan fingerprint density at radius 1 is 1.00 bits per heavy atom. The van der Waals surface area contributed by atoms with E-state index in [1.54, 1.807) is 12.1 Å². The number of ether oxygens (including phenoxy) is 4. The average molecular weight is 342 g/mol. The lowest BCUT2D eigenvalue weighted by atomic mass is 10.1. The molecule has 1 aliphatic heterocycles. The highest BCUT2D eigenvalue weighted by atomic mass is 16.7. The van der Waals surface area contributed by atoms with Crippen LogP contribution in [0.15, 0.2) is 54.6 Å². The Bertz CT molecular complexity index is 648. The van der Waals surface area contributed by atoms with Crippen molar-refractivity contribution in [3.8, 4) is 5.75 Å². The van der Waals surface area contributed by atoms with Gasteiger partial charge < -0.3 is 18.9 Å². The van der Waals surface area contributed by atoms with Crippen LogP contribution in [-0.2, 0) is 20.8 Å². The molecule has 25 heavy (non-hydrogen) atoms. The minimum Gasteiger partial charge on any atom is -0.489 e. The first-order valence-corrected chi connectivity index (χ1v) is 8.48. The fourth-order valence-corrected chi connectivity index (χ4v) is 2.45. The molecule has 0 N–H and O–H groups in total. The maximum absolute atomic E-state index is 12.0. The molecule has 0 aliphatic carbocycles. The molecule has 0 radical (unpaired) electrons. The molecule has 1 saturated heterocycles. The second-order valence-electron chi connectivity index (χ2n) is 5.75. The summed E-state index contributed by atoms with van der Waals surface area (Å²) in [5.74, 6) is 0.476. The Balaban J connectivity index is 1.42. The average Bonchev–Trinajstić information content (AvgIpc) is 2.68. The number of hydrogen-bond acceptors (Lipinski definition) is 5. The molecule has 5 heteroatoms. The normalized spacial score (nSPS) is 14.9. The molecule has 0 saturated carbocycles. The largest absolute Gasteiger partial charge is 0.489 e. The van der Waals surface area contributed by atoms with E-state index in [9.17, 15) is 4.79 Å². The maximum Gasteiger partial charge on any atom is 0.338 e. The third-order valence-corrected chi connectivity index (χ3v) is 3.82. The molecule has 3 rings (SSSR count). The first-order valence-electron chi connectivity index (χ1n) is 8.48. The van der Waals surface area contributed by atoms with Crippen molar-refractivity contribution < 1.29 is 23.7 Å². The number of rotatable bonds is 7. The Hall–Kier alpha value is -2.37. The van der Waals surface area contributed by atoms with Crippen molar-refractivity contribution in [1.82, 2.24) is 0 Å². The zero-order chi connectivity index (χ0) is 17.3. The first-order chi connectivity index (χ1) is 12.3. The van der Waals surface area contributed by atoms with Crippen molar-refractivity contribution in [2.75, 3.05) is 19.8 Å². The van der Waals surface area contributed by atoms with E-state index in [1.165, 1.54) is 0 Å². The molecule has 1 aliphatic rings. The second kappa shape index (κ2) is 9.20. The summed E-state index contributed by atoms with van der Waals surface area (Å²) < 4.78 is 21.8. The minimum absolute atomic E-state index is 0.265. The van der Waals surface area contributed by atoms with Crippen LogP contribution in [-0.4, -0.2) is 32.1 Å². The molecule has 0 bridgehead atoms. The Kier molecular flexibility index (Phi) is 6.42. The van der Waals surface area contributed by atoms with Gasteiger partial charge in [-0.3, -0.25) is 0 Å². The summed E-state index contributed by atoms with van der Waals surface area (Å²) >= 11 is 0. The Morgan fingerprint density at radius 3 is 2.44 bits per heavy atom. The van der Waals surface area contributed by atoms with Crippen LogP contribution in [0.4, 0.5) is 0 Å². The fraction of sp³-hybridized carbons (Fsp3) is 0.350. The van der Waals surface area contributed by atoms with E-state index in [-0.39, 0.29) is 18.9 Å². The highest BCUT2D eigenvalue weighted by molar-refractivity contribution is 5.89. The third kappa shape index (κ3) is 5.59. The van der Waals surface area contributed by atoms with Crippen molar-refractivity contribution in [1.29, 1.82) is 0 Å². The standard InChI is InChI=1S/C20H22O5/c21-20(24-14-11-19-22-12-4-13-23-19)17-9-7-16(8-10-17)15-25-18-5-2-1-3-6-18/h1-3,5-10,19H,4,11-15H2. The number of carbonyl (C=O) groups excluding carboxylic acids is 1. The number of carbonyl (C=O) groups is 1. The third-order valence-electron chi connectivity index (χ3n) is 3.82. The molecular weight excluding hydrogens is 320 g/mol. The molecule has 0 spiro atoms. The van der Waals surface area contributed by atoms with Gasteiger partial charge in [-0.05, 0) is 36.2 Å². The van der Waals surface area contributed by atoms with Crippen molar-refractivity contribution in [2.45, 2.75) is 25.7 Å². The quantitative estimate of drug-likeness (QED) is 0.720. The van der Waals surface area contributed by atoms with Crippen molar-refractivity contribution >= 4 is 5.97 Å². The molecule has 0 unspecified atom stereocenters.